The Kier molecular flexibility index (Phi) is 9.02. The number of para-hydroxylation sites is 2. The Balaban J connectivity index is 1.69. The first kappa shape index (κ1) is 28.6. The Morgan fingerprint density at radius 2 is 1.98 bits per heavy atom. The Labute approximate surface area is 239 Å². The maximum atomic E-state index is 13.8. The number of allylic oxidation sites excluding steroid dienone is 1. The number of pyridine rings is 1. The molecular formula is C26H25Cl2N7O5. The van der Waals surface area contributed by atoms with E-state index in [1.54, 1.807) is 36.7 Å². The third kappa shape index (κ3) is 6.24. The fraction of sp³-hybridized carbons (Fsp3) is 0.231. The highest BCUT2D eigenvalue weighted by molar-refractivity contribution is 6.33. The Hall–Kier alpha value is -4.42. The number of methoxy groups -OCH3 is 2. The van der Waals surface area contributed by atoms with E-state index in [1.165, 1.54) is 37.6 Å². The number of aryl methyl sites for hydroxylation is 1. The molecule has 0 saturated carbocycles. The van der Waals surface area contributed by atoms with Crippen molar-refractivity contribution in [2.24, 2.45) is 0 Å². The molecule has 2 heterocycles. The molecule has 0 fully saturated rings. The van der Waals surface area contributed by atoms with Crippen molar-refractivity contribution in [1.29, 1.82) is 0 Å². The van der Waals surface area contributed by atoms with E-state index < -0.39 is 22.4 Å². The molecule has 1 aliphatic carbocycles. The average molecular weight is 586 g/mol. The van der Waals surface area contributed by atoms with Crippen molar-refractivity contribution < 1.29 is 19.2 Å². The number of carbonyl (C=O) groups excluding carboxylic acids is 1. The van der Waals surface area contributed by atoms with Crippen molar-refractivity contribution in [2.45, 2.75) is 24.9 Å². The van der Waals surface area contributed by atoms with Crippen molar-refractivity contribution in [3.05, 3.63) is 99.0 Å². The van der Waals surface area contributed by atoms with E-state index in [0.717, 1.165) is 11.1 Å². The fourth-order valence-corrected chi connectivity index (χ4v) is 4.65. The van der Waals surface area contributed by atoms with Gasteiger partial charge in [-0.25, -0.2) is 14.8 Å². The molecule has 1 aromatic carbocycles. The number of nitrogens with zero attached hydrogens (tertiary/aromatic N) is 5. The first-order valence-corrected chi connectivity index (χ1v) is 12.7. The van der Waals surface area contributed by atoms with Gasteiger partial charge in [0.15, 0.2) is 0 Å². The van der Waals surface area contributed by atoms with Crippen LogP contribution in [0.2, 0.25) is 0 Å². The molecule has 2 N–H and O–H groups in total. The molecule has 0 radical (unpaired) electrons. The molecule has 0 saturated heterocycles. The molecule has 2 atom stereocenters. The lowest BCUT2D eigenvalue weighted by Crippen LogP contribution is -2.50. The van der Waals surface area contributed by atoms with E-state index in [9.17, 15) is 14.9 Å². The summed E-state index contributed by atoms with van der Waals surface area (Å²) in [6, 6.07) is 8.00. The van der Waals surface area contributed by atoms with E-state index in [1.807, 2.05) is 13.0 Å². The lowest BCUT2D eigenvalue weighted by atomic mass is 10.0. The van der Waals surface area contributed by atoms with Crippen LogP contribution in [-0.2, 0) is 16.0 Å². The number of hydrogen-bond donors (Lipinski definition) is 2. The lowest BCUT2D eigenvalue weighted by molar-refractivity contribution is -0.383. The molecule has 4 rings (SSSR count). The van der Waals surface area contributed by atoms with Crippen LogP contribution in [0, 0.1) is 17.0 Å². The van der Waals surface area contributed by atoms with Gasteiger partial charge in [-0.3, -0.25) is 20.0 Å². The van der Waals surface area contributed by atoms with Gasteiger partial charge >= 0.3 is 6.03 Å². The zero-order chi connectivity index (χ0) is 28.8. The molecular weight excluding hydrogens is 561 g/mol. The zero-order valence-corrected chi connectivity index (χ0v) is 23.2. The quantitative estimate of drug-likeness (QED) is 0.197. The molecule has 2 amide bonds. The zero-order valence-electron chi connectivity index (χ0n) is 21.7. The van der Waals surface area contributed by atoms with Crippen LogP contribution in [0.25, 0.3) is 0 Å². The third-order valence-corrected chi connectivity index (χ3v) is 6.98. The number of rotatable bonds is 9. The standard InChI is InChI=1S/C26H25Cl2N7O5/c1-15-8-9-29-12-16(15)13-34(26(36)33-25-23(27)19(39-2)10-20(40-3)24(25)28)22-11-21(30-14-31-22)32-17-6-4-5-7-18(17)35(37)38/h4-12,14,23,25H,13H2,1-3H3,(H,33,36)(H,30,31,32). The molecule has 14 heteroatoms. The summed E-state index contributed by atoms with van der Waals surface area (Å²) in [6.45, 7) is 1.98. The molecule has 2 unspecified atom stereocenters. The summed E-state index contributed by atoms with van der Waals surface area (Å²) in [7, 11) is 2.90. The minimum absolute atomic E-state index is 0.0819. The Morgan fingerprint density at radius 1 is 1.20 bits per heavy atom. The van der Waals surface area contributed by atoms with Gasteiger partial charge in [0.25, 0.3) is 5.69 Å². The lowest BCUT2D eigenvalue weighted by Gasteiger charge is -2.31. The van der Waals surface area contributed by atoms with Gasteiger partial charge in [-0.15, -0.1) is 11.6 Å². The second-order valence-electron chi connectivity index (χ2n) is 8.55. The third-order valence-electron chi connectivity index (χ3n) is 6.09. The summed E-state index contributed by atoms with van der Waals surface area (Å²) >= 11 is 13.1. The number of carbonyl (C=O) groups is 1. The smallest absolute Gasteiger partial charge is 0.323 e. The maximum absolute atomic E-state index is 13.8. The first-order valence-electron chi connectivity index (χ1n) is 11.9. The number of halogens is 2. The minimum Gasteiger partial charge on any atom is -0.499 e. The predicted molar refractivity (Wildman–Crippen MR) is 151 cm³/mol. The summed E-state index contributed by atoms with van der Waals surface area (Å²) < 4.78 is 10.7. The van der Waals surface area contributed by atoms with Gasteiger partial charge in [0.2, 0.25) is 0 Å². The number of nitrogens with one attached hydrogen (secondary N) is 2. The van der Waals surface area contributed by atoms with Crippen molar-refractivity contribution in [3.8, 4) is 0 Å². The number of alkyl halides is 1. The van der Waals surface area contributed by atoms with Crippen molar-refractivity contribution in [2.75, 3.05) is 24.4 Å². The van der Waals surface area contributed by atoms with Gasteiger partial charge in [-0.1, -0.05) is 23.7 Å². The van der Waals surface area contributed by atoms with Crippen LogP contribution in [0.15, 0.2) is 77.7 Å². The van der Waals surface area contributed by atoms with Crippen LogP contribution >= 0.6 is 23.2 Å². The van der Waals surface area contributed by atoms with E-state index in [-0.39, 0.29) is 34.6 Å². The van der Waals surface area contributed by atoms with Crippen LogP contribution in [0.3, 0.4) is 0 Å². The van der Waals surface area contributed by atoms with Crippen molar-refractivity contribution in [1.82, 2.24) is 20.3 Å². The highest BCUT2D eigenvalue weighted by atomic mass is 35.5. The van der Waals surface area contributed by atoms with Gasteiger partial charge in [0.05, 0.1) is 36.8 Å². The summed E-state index contributed by atoms with van der Waals surface area (Å²) in [5, 5.41) is 16.6. The molecule has 12 nitrogen and oxygen atoms in total. The molecule has 0 aliphatic heterocycles. The van der Waals surface area contributed by atoms with Crippen LogP contribution in [-0.4, -0.2) is 51.5 Å². The number of nitro groups is 1. The van der Waals surface area contributed by atoms with Gasteiger partial charge in [0.1, 0.15) is 40.5 Å². The van der Waals surface area contributed by atoms with Crippen LogP contribution in [0.4, 0.5) is 27.8 Å². The molecule has 0 spiro atoms. The summed E-state index contributed by atoms with van der Waals surface area (Å²) in [5.41, 5.74) is 1.75. The van der Waals surface area contributed by atoms with Gasteiger partial charge in [-0.05, 0) is 30.2 Å². The van der Waals surface area contributed by atoms with Gasteiger partial charge in [-0.2, -0.15) is 0 Å². The SMILES string of the molecule is COC1=CC(OC)=C(Cl)C(NC(=O)N(Cc2cnccc2C)c2cc(Nc3ccccc3[N+](=O)[O-])ncn2)C1Cl. The minimum atomic E-state index is -0.880. The molecule has 3 aromatic rings. The second-order valence-corrected chi connectivity index (χ2v) is 9.42. The number of hydrogen-bond acceptors (Lipinski definition) is 9. The molecule has 2 aromatic heterocycles. The molecule has 1 aliphatic rings. The number of aromatic nitrogens is 3. The maximum Gasteiger partial charge on any atom is 0.323 e. The normalized spacial score (nSPS) is 16.6. The van der Waals surface area contributed by atoms with Crippen LogP contribution in [0.5, 0.6) is 0 Å². The topological polar surface area (TPSA) is 145 Å². The van der Waals surface area contributed by atoms with E-state index >= 15 is 0 Å². The second kappa shape index (κ2) is 12.6. The number of anilines is 3. The highest BCUT2D eigenvalue weighted by Crippen LogP contribution is 2.33. The summed E-state index contributed by atoms with van der Waals surface area (Å²) in [6.07, 6.45) is 6.11. The van der Waals surface area contributed by atoms with Gasteiger partial charge < -0.3 is 20.1 Å². The molecule has 40 heavy (non-hydrogen) atoms. The number of benzene rings is 1. The van der Waals surface area contributed by atoms with E-state index in [2.05, 4.69) is 25.6 Å². The summed E-state index contributed by atoms with van der Waals surface area (Å²) in [5.74, 6) is 1.10. The van der Waals surface area contributed by atoms with Crippen LogP contribution in [0.1, 0.15) is 11.1 Å². The Morgan fingerprint density at radius 3 is 2.67 bits per heavy atom. The monoisotopic (exact) mass is 585 g/mol. The van der Waals surface area contributed by atoms with Crippen molar-refractivity contribution in [3.63, 3.8) is 0 Å². The molecule has 208 valence electrons. The van der Waals surface area contributed by atoms with Crippen LogP contribution < -0.4 is 15.5 Å². The predicted octanol–water partition coefficient (Wildman–Crippen LogP) is 5.16. The first-order chi connectivity index (χ1) is 19.2. The number of nitro benzene ring substituents is 1. The van der Waals surface area contributed by atoms with Crippen molar-refractivity contribution >= 4 is 52.2 Å². The van der Waals surface area contributed by atoms with E-state index in [0.29, 0.717) is 11.5 Å². The van der Waals surface area contributed by atoms with E-state index in [4.69, 9.17) is 32.7 Å². The summed E-state index contributed by atoms with van der Waals surface area (Å²) in [4.78, 5) is 38.8. The largest absolute Gasteiger partial charge is 0.499 e. The Bertz CT molecular complexity index is 1480. The number of urea groups is 1. The van der Waals surface area contributed by atoms with Gasteiger partial charge in [0, 0.05) is 30.6 Å². The number of ether oxygens (including phenoxy) is 2. The highest BCUT2D eigenvalue weighted by Gasteiger charge is 2.36. The molecule has 0 bridgehead atoms. The fourth-order valence-electron chi connectivity index (χ4n) is 3.93. The number of amides is 2. The average Bonchev–Trinajstić information content (AvgIpc) is 2.95.